The van der Waals surface area contributed by atoms with Crippen LogP contribution in [0.2, 0.25) is 0 Å². The minimum Gasteiger partial charge on any atom is -0.315 e. The van der Waals surface area contributed by atoms with Crippen LogP contribution >= 0.6 is 0 Å². The highest BCUT2D eigenvalue weighted by Crippen LogP contribution is 2.34. The molecular formula is C14H30N2. The fourth-order valence-electron chi connectivity index (χ4n) is 2.67. The third-order valence-corrected chi connectivity index (χ3v) is 4.06. The van der Waals surface area contributed by atoms with Gasteiger partial charge < -0.3 is 5.32 Å². The molecule has 0 aromatic heterocycles. The van der Waals surface area contributed by atoms with Crippen LogP contribution in [0.5, 0.6) is 0 Å². The number of rotatable bonds is 5. The largest absolute Gasteiger partial charge is 0.315 e. The molecule has 2 nitrogen and oxygen atoms in total. The molecule has 1 fully saturated rings. The predicted octanol–water partition coefficient (Wildman–Crippen LogP) is 2.74. The van der Waals surface area contributed by atoms with E-state index in [1.807, 2.05) is 0 Å². The van der Waals surface area contributed by atoms with Gasteiger partial charge in [-0.1, -0.05) is 34.6 Å². The second-order valence-electron chi connectivity index (χ2n) is 6.22. The van der Waals surface area contributed by atoms with Gasteiger partial charge in [-0.3, -0.25) is 4.90 Å². The molecule has 0 spiro atoms. The Labute approximate surface area is 102 Å². The van der Waals surface area contributed by atoms with E-state index in [1.165, 1.54) is 25.9 Å². The highest BCUT2D eigenvalue weighted by molar-refractivity contribution is 4.87. The van der Waals surface area contributed by atoms with Crippen LogP contribution in [0.1, 0.15) is 47.5 Å². The Balaban J connectivity index is 2.44. The Morgan fingerprint density at radius 2 is 2.00 bits per heavy atom. The number of hydrogen-bond donors (Lipinski definition) is 1. The van der Waals surface area contributed by atoms with Crippen molar-refractivity contribution < 1.29 is 0 Å². The Morgan fingerprint density at radius 1 is 1.31 bits per heavy atom. The molecule has 16 heavy (non-hydrogen) atoms. The molecule has 2 heteroatoms. The lowest BCUT2D eigenvalue weighted by molar-refractivity contribution is 0.188. The molecule has 0 aliphatic carbocycles. The van der Waals surface area contributed by atoms with Gasteiger partial charge in [-0.15, -0.1) is 0 Å². The van der Waals surface area contributed by atoms with Crippen molar-refractivity contribution in [2.45, 2.75) is 53.5 Å². The molecule has 1 aliphatic heterocycles. The number of likely N-dealkylation sites (N-methyl/N-ethyl adjacent to an activating group) is 1. The minimum absolute atomic E-state index is 0.477. The van der Waals surface area contributed by atoms with Gasteiger partial charge in [0.05, 0.1) is 0 Å². The summed E-state index contributed by atoms with van der Waals surface area (Å²) in [6.07, 6.45) is 2.65. The van der Waals surface area contributed by atoms with Gasteiger partial charge in [0, 0.05) is 19.1 Å². The fraction of sp³-hybridized carbons (Fsp3) is 1.00. The number of hydrogen-bond acceptors (Lipinski definition) is 2. The van der Waals surface area contributed by atoms with Gasteiger partial charge in [0.1, 0.15) is 0 Å². The molecule has 0 bridgehead atoms. The number of nitrogens with zero attached hydrogens (tertiary/aromatic N) is 1. The zero-order chi connectivity index (χ0) is 12.2. The molecule has 0 aromatic rings. The summed E-state index contributed by atoms with van der Waals surface area (Å²) >= 11 is 0. The van der Waals surface area contributed by atoms with Crippen LogP contribution in [0.25, 0.3) is 0 Å². The van der Waals surface area contributed by atoms with Crippen molar-refractivity contribution in [2.75, 3.05) is 26.2 Å². The van der Waals surface area contributed by atoms with Crippen LogP contribution in [-0.4, -0.2) is 37.1 Å². The van der Waals surface area contributed by atoms with Crippen molar-refractivity contribution >= 4 is 0 Å². The normalized spacial score (nSPS) is 24.9. The van der Waals surface area contributed by atoms with Gasteiger partial charge in [-0.05, 0) is 37.3 Å². The van der Waals surface area contributed by atoms with Gasteiger partial charge in [0.2, 0.25) is 0 Å². The van der Waals surface area contributed by atoms with Crippen molar-refractivity contribution in [1.29, 1.82) is 0 Å². The third-order valence-electron chi connectivity index (χ3n) is 4.06. The molecule has 0 radical (unpaired) electrons. The van der Waals surface area contributed by atoms with E-state index < -0.39 is 0 Å². The third kappa shape index (κ3) is 3.74. The van der Waals surface area contributed by atoms with Crippen LogP contribution in [0.4, 0.5) is 0 Å². The second-order valence-corrected chi connectivity index (χ2v) is 6.22. The van der Waals surface area contributed by atoms with Crippen molar-refractivity contribution in [3.8, 4) is 0 Å². The molecule has 1 N–H and O–H groups in total. The molecule has 0 saturated carbocycles. The lowest BCUT2D eigenvalue weighted by atomic mass is 9.80. The number of nitrogens with one attached hydrogen (secondary N) is 1. The van der Waals surface area contributed by atoms with Gasteiger partial charge in [0.15, 0.2) is 0 Å². The summed E-state index contributed by atoms with van der Waals surface area (Å²) < 4.78 is 0. The molecule has 1 saturated heterocycles. The van der Waals surface area contributed by atoms with Crippen LogP contribution in [-0.2, 0) is 0 Å². The maximum Gasteiger partial charge on any atom is 0.0218 e. The standard InChI is InChI=1S/C14H30N2/c1-6-13(10-15-7-2)16-9-8-12(11-16)14(3,4)5/h12-13,15H,6-11H2,1-5H3. The smallest absolute Gasteiger partial charge is 0.0218 e. The maximum atomic E-state index is 3.49. The molecule has 2 atom stereocenters. The molecule has 2 unspecified atom stereocenters. The Kier molecular flexibility index (Phi) is 5.26. The van der Waals surface area contributed by atoms with Crippen LogP contribution in [0.3, 0.4) is 0 Å². The van der Waals surface area contributed by atoms with E-state index in [-0.39, 0.29) is 0 Å². The summed E-state index contributed by atoms with van der Waals surface area (Å²) in [7, 11) is 0. The highest BCUT2D eigenvalue weighted by atomic mass is 15.2. The van der Waals surface area contributed by atoms with Gasteiger partial charge in [0.25, 0.3) is 0 Å². The summed E-state index contributed by atoms with van der Waals surface area (Å²) in [4.78, 5) is 2.69. The number of likely N-dealkylation sites (tertiary alicyclic amines) is 1. The van der Waals surface area contributed by atoms with E-state index in [2.05, 4.69) is 44.8 Å². The van der Waals surface area contributed by atoms with E-state index in [9.17, 15) is 0 Å². The van der Waals surface area contributed by atoms with E-state index in [4.69, 9.17) is 0 Å². The van der Waals surface area contributed by atoms with Gasteiger partial charge >= 0.3 is 0 Å². The van der Waals surface area contributed by atoms with Crippen molar-refractivity contribution in [1.82, 2.24) is 10.2 Å². The van der Waals surface area contributed by atoms with E-state index in [0.717, 1.165) is 25.0 Å². The first kappa shape index (κ1) is 14.0. The molecular weight excluding hydrogens is 196 g/mol. The Hall–Kier alpha value is -0.0800. The summed E-state index contributed by atoms with van der Waals surface area (Å²) in [6, 6.07) is 0.743. The summed E-state index contributed by atoms with van der Waals surface area (Å²) in [5, 5.41) is 3.49. The van der Waals surface area contributed by atoms with Crippen LogP contribution in [0, 0.1) is 11.3 Å². The first-order valence-corrected chi connectivity index (χ1v) is 6.93. The zero-order valence-electron chi connectivity index (χ0n) is 11.8. The fourth-order valence-corrected chi connectivity index (χ4v) is 2.67. The Morgan fingerprint density at radius 3 is 2.44 bits per heavy atom. The molecule has 1 rings (SSSR count). The predicted molar refractivity (Wildman–Crippen MR) is 71.8 cm³/mol. The molecule has 0 aromatic carbocycles. The zero-order valence-corrected chi connectivity index (χ0v) is 11.8. The van der Waals surface area contributed by atoms with E-state index >= 15 is 0 Å². The SMILES string of the molecule is CCNCC(CC)N1CCC(C(C)(C)C)C1. The first-order chi connectivity index (χ1) is 7.49. The maximum absolute atomic E-state index is 3.49. The summed E-state index contributed by atoms with van der Waals surface area (Å²) in [6.45, 7) is 16.5. The monoisotopic (exact) mass is 226 g/mol. The minimum atomic E-state index is 0.477. The van der Waals surface area contributed by atoms with Gasteiger partial charge in [-0.25, -0.2) is 0 Å². The quantitative estimate of drug-likeness (QED) is 0.775. The summed E-state index contributed by atoms with van der Waals surface area (Å²) in [5.74, 6) is 0.878. The second kappa shape index (κ2) is 6.02. The van der Waals surface area contributed by atoms with Crippen molar-refractivity contribution in [2.24, 2.45) is 11.3 Å². The average molecular weight is 226 g/mol. The lowest BCUT2D eigenvalue weighted by Crippen LogP contribution is -2.41. The molecule has 1 aliphatic rings. The molecule has 96 valence electrons. The van der Waals surface area contributed by atoms with Crippen LogP contribution < -0.4 is 5.32 Å². The molecule has 1 heterocycles. The topological polar surface area (TPSA) is 15.3 Å². The van der Waals surface area contributed by atoms with Crippen molar-refractivity contribution in [3.05, 3.63) is 0 Å². The van der Waals surface area contributed by atoms with E-state index in [1.54, 1.807) is 0 Å². The Bertz CT molecular complexity index is 195. The molecule has 0 amide bonds. The first-order valence-electron chi connectivity index (χ1n) is 6.93. The average Bonchev–Trinajstić information content (AvgIpc) is 2.68. The van der Waals surface area contributed by atoms with Crippen molar-refractivity contribution in [3.63, 3.8) is 0 Å². The van der Waals surface area contributed by atoms with Crippen LogP contribution in [0.15, 0.2) is 0 Å². The summed E-state index contributed by atoms with van der Waals surface area (Å²) in [5.41, 5.74) is 0.477. The van der Waals surface area contributed by atoms with Gasteiger partial charge in [-0.2, -0.15) is 0 Å². The highest BCUT2D eigenvalue weighted by Gasteiger charge is 2.33. The van der Waals surface area contributed by atoms with E-state index in [0.29, 0.717) is 5.41 Å². The lowest BCUT2D eigenvalue weighted by Gasteiger charge is -2.30.